The maximum Gasteiger partial charge on any atom is 0.246 e. The van der Waals surface area contributed by atoms with Gasteiger partial charge >= 0.3 is 0 Å². The van der Waals surface area contributed by atoms with Crippen LogP contribution >= 0.6 is 11.8 Å². The third-order valence-electron chi connectivity index (χ3n) is 3.64. The third-order valence-corrected chi connectivity index (χ3v) is 6.52. The van der Waals surface area contributed by atoms with Crippen LogP contribution in [0.3, 0.4) is 0 Å². The fourth-order valence-corrected chi connectivity index (χ4v) is 5.14. The molecule has 21 heavy (non-hydrogen) atoms. The number of aromatic nitrogens is 2. The number of aryl methyl sites for hydroxylation is 1. The lowest BCUT2D eigenvalue weighted by Gasteiger charge is -2.26. The summed E-state index contributed by atoms with van der Waals surface area (Å²) in [7, 11) is -1.88. The van der Waals surface area contributed by atoms with Gasteiger partial charge in [0.25, 0.3) is 0 Å². The summed E-state index contributed by atoms with van der Waals surface area (Å²) in [6.45, 7) is 6.47. The van der Waals surface area contributed by atoms with E-state index in [2.05, 4.69) is 5.10 Å². The summed E-state index contributed by atoms with van der Waals surface area (Å²) in [5.41, 5.74) is 6.73. The Balaban J connectivity index is 3.24. The molecule has 1 aromatic rings. The number of hydrogen-bond donors (Lipinski definition) is 1. The number of nitrogens with two attached hydrogens (primary N) is 1. The summed E-state index contributed by atoms with van der Waals surface area (Å²) in [6, 6.07) is -0.0124. The molecule has 0 amide bonds. The molecule has 0 fully saturated rings. The number of rotatable bonds is 8. The fourth-order valence-electron chi connectivity index (χ4n) is 2.41. The zero-order chi connectivity index (χ0) is 16.2. The molecule has 1 aromatic heterocycles. The molecule has 1 heterocycles. The highest BCUT2D eigenvalue weighted by Crippen LogP contribution is 2.25. The van der Waals surface area contributed by atoms with Crippen molar-refractivity contribution < 1.29 is 8.42 Å². The standard InChI is InChI=1S/C13H26N4O2S2/c1-6-12(9-20-5)16(4)21(18,19)13-10(2)15-17(8-7-14)11(13)3/h12H,6-9,14H2,1-5H3. The van der Waals surface area contributed by atoms with Gasteiger partial charge in [-0.2, -0.15) is 21.2 Å². The maximum atomic E-state index is 12.9. The molecule has 0 saturated carbocycles. The molecule has 8 heteroatoms. The minimum atomic E-state index is -3.54. The minimum Gasteiger partial charge on any atom is -0.329 e. The summed E-state index contributed by atoms with van der Waals surface area (Å²) < 4.78 is 28.9. The lowest BCUT2D eigenvalue weighted by molar-refractivity contribution is 0.385. The lowest BCUT2D eigenvalue weighted by Crippen LogP contribution is -2.38. The van der Waals surface area contributed by atoms with Crippen molar-refractivity contribution >= 4 is 21.8 Å². The summed E-state index contributed by atoms with van der Waals surface area (Å²) in [5.74, 6) is 0.779. The molecule has 0 aromatic carbocycles. The molecule has 0 aliphatic rings. The van der Waals surface area contributed by atoms with Gasteiger partial charge in [-0.25, -0.2) is 8.42 Å². The van der Waals surface area contributed by atoms with Crippen LogP contribution in [0.4, 0.5) is 0 Å². The second-order valence-electron chi connectivity index (χ2n) is 5.05. The van der Waals surface area contributed by atoms with Crippen molar-refractivity contribution in [2.24, 2.45) is 5.73 Å². The van der Waals surface area contributed by atoms with Crippen LogP contribution in [-0.4, -0.2) is 54.1 Å². The van der Waals surface area contributed by atoms with E-state index in [1.54, 1.807) is 37.3 Å². The van der Waals surface area contributed by atoms with Crippen molar-refractivity contribution in [3.63, 3.8) is 0 Å². The lowest BCUT2D eigenvalue weighted by atomic mass is 10.3. The predicted molar refractivity (Wildman–Crippen MR) is 88.2 cm³/mol. The molecule has 122 valence electrons. The van der Waals surface area contributed by atoms with E-state index in [0.717, 1.165) is 12.2 Å². The maximum absolute atomic E-state index is 12.9. The average molecular weight is 335 g/mol. The smallest absolute Gasteiger partial charge is 0.246 e. The van der Waals surface area contributed by atoms with Crippen LogP contribution in [0.25, 0.3) is 0 Å². The van der Waals surface area contributed by atoms with Crippen LogP contribution in [0.1, 0.15) is 24.7 Å². The summed E-state index contributed by atoms with van der Waals surface area (Å²) in [5, 5.41) is 4.31. The summed E-state index contributed by atoms with van der Waals surface area (Å²) in [4.78, 5) is 0.318. The van der Waals surface area contributed by atoms with Gasteiger partial charge in [-0.15, -0.1) is 0 Å². The Labute approximate surface area is 132 Å². The third kappa shape index (κ3) is 3.80. The Morgan fingerprint density at radius 1 is 1.43 bits per heavy atom. The highest BCUT2D eigenvalue weighted by Gasteiger charge is 2.32. The van der Waals surface area contributed by atoms with Crippen molar-refractivity contribution in [1.29, 1.82) is 0 Å². The van der Waals surface area contributed by atoms with Gasteiger partial charge < -0.3 is 5.73 Å². The molecule has 0 saturated heterocycles. The predicted octanol–water partition coefficient (Wildman–Crippen LogP) is 1.22. The van der Waals surface area contributed by atoms with E-state index in [4.69, 9.17) is 5.73 Å². The van der Waals surface area contributed by atoms with Crippen molar-refractivity contribution in [2.45, 2.75) is 44.7 Å². The quantitative estimate of drug-likeness (QED) is 0.773. The van der Waals surface area contributed by atoms with Gasteiger partial charge in [0.05, 0.1) is 17.9 Å². The van der Waals surface area contributed by atoms with E-state index >= 15 is 0 Å². The molecule has 0 spiro atoms. The average Bonchev–Trinajstić information content (AvgIpc) is 2.71. The molecule has 0 aliphatic heterocycles. The van der Waals surface area contributed by atoms with Crippen molar-refractivity contribution in [3.8, 4) is 0 Å². The highest BCUT2D eigenvalue weighted by molar-refractivity contribution is 7.98. The topological polar surface area (TPSA) is 81.2 Å². The summed E-state index contributed by atoms with van der Waals surface area (Å²) >= 11 is 1.65. The van der Waals surface area contributed by atoms with Crippen molar-refractivity contribution in [1.82, 2.24) is 14.1 Å². The van der Waals surface area contributed by atoms with Gasteiger partial charge in [0.1, 0.15) is 4.90 Å². The van der Waals surface area contributed by atoms with Gasteiger partial charge in [0.15, 0.2) is 0 Å². The molecule has 6 nitrogen and oxygen atoms in total. The van der Waals surface area contributed by atoms with Crippen molar-refractivity contribution in [2.75, 3.05) is 25.6 Å². The SMILES string of the molecule is CCC(CSC)N(C)S(=O)(=O)c1c(C)nn(CCN)c1C. The number of nitrogens with zero attached hydrogens (tertiary/aromatic N) is 3. The molecule has 1 rings (SSSR count). The van der Waals surface area contributed by atoms with E-state index in [9.17, 15) is 8.42 Å². The van der Waals surface area contributed by atoms with Crippen LogP contribution in [0.15, 0.2) is 4.90 Å². The molecule has 0 bridgehead atoms. The van der Waals surface area contributed by atoms with E-state index in [0.29, 0.717) is 29.4 Å². The van der Waals surface area contributed by atoms with E-state index in [1.165, 1.54) is 4.31 Å². The fraction of sp³-hybridized carbons (Fsp3) is 0.769. The number of hydrogen-bond acceptors (Lipinski definition) is 5. The Morgan fingerprint density at radius 2 is 2.05 bits per heavy atom. The first-order chi connectivity index (χ1) is 9.81. The van der Waals surface area contributed by atoms with Crippen LogP contribution in [0.5, 0.6) is 0 Å². The van der Waals surface area contributed by atoms with E-state index in [1.807, 2.05) is 13.2 Å². The molecule has 0 radical (unpaired) electrons. The first-order valence-electron chi connectivity index (χ1n) is 7.02. The zero-order valence-corrected chi connectivity index (χ0v) is 15.1. The molecular formula is C13H26N4O2S2. The molecular weight excluding hydrogens is 308 g/mol. The first kappa shape index (κ1) is 18.5. The van der Waals surface area contributed by atoms with E-state index in [-0.39, 0.29) is 6.04 Å². The Bertz CT molecular complexity index is 569. The second-order valence-corrected chi connectivity index (χ2v) is 7.90. The van der Waals surface area contributed by atoms with Crippen LogP contribution < -0.4 is 5.73 Å². The van der Waals surface area contributed by atoms with Gasteiger partial charge in [-0.05, 0) is 26.5 Å². The largest absolute Gasteiger partial charge is 0.329 e. The van der Waals surface area contributed by atoms with Crippen molar-refractivity contribution in [3.05, 3.63) is 11.4 Å². The van der Waals surface area contributed by atoms with Gasteiger partial charge in [0, 0.05) is 25.4 Å². The Kier molecular flexibility index (Phi) is 6.71. The second kappa shape index (κ2) is 7.62. The monoisotopic (exact) mass is 334 g/mol. The van der Waals surface area contributed by atoms with Gasteiger partial charge in [-0.3, -0.25) is 4.68 Å². The minimum absolute atomic E-state index is 0.0124. The Morgan fingerprint density at radius 3 is 2.52 bits per heavy atom. The van der Waals surface area contributed by atoms with Crippen LogP contribution in [-0.2, 0) is 16.6 Å². The van der Waals surface area contributed by atoms with E-state index < -0.39 is 10.0 Å². The van der Waals surface area contributed by atoms with Gasteiger partial charge in [-0.1, -0.05) is 6.92 Å². The number of thioether (sulfide) groups is 1. The summed E-state index contributed by atoms with van der Waals surface area (Å²) in [6.07, 6.45) is 2.77. The normalized spacial score (nSPS) is 13.9. The number of sulfonamides is 1. The highest BCUT2D eigenvalue weighted by atomic mass is 32.2. The van der Waals surface area contributed by atoms with Crippen LogP contribution in [0, 0.1) is 13.8 Å². The molecule has 0 aliphatic carbocycles. The van der Waals surface area contributed by atoms with Crippen LogP contribution in [0.2, 0.25) is 0 Å². The first-order valence-corrected chi connectivity index (χ1v) is 9.85. The van der Waals surface area contributed by atoms with Gasteiger partial charge in [0.2, 0.25) is 10.0 Å². The molecule has 1 atom stereocenters. The zero-order valence-electron chi connectivity index (χ0n) is 13.5. The molecule has 1 unspecified atom stereocenters. The Hall–Kier alpha value is -0.570. The molecule has 2 N–H and O–H groups in total.